The molecule has 1 aliphatic heterocycles. The number of carbonyl (C=O) groups excluding carboxylic acids is 1. The van der Waals surface area contributed by atoms with Gasteiger partial charge in [-0.3, -0.25) is 19.8 Å². The summed E-state index contributed by atoms with van der Waals surface area (Å²) < 4.78 is 0. The molecule has 7 heteroatoms. The fourth-order valence-corrected chi connectivity index (χ4v) is 4.32. The third-order valence-corrected chi connectivity index (χ3v) is 5.63. The fraction of sp³-hybridized carbons (Fsp3) is 0.300. The first kappa shape index (κ1) is 19.1. The number of nitrogens with zero attached hydrogens (tertiary/aromatic N) is 3. The number of amides is 1. The van der Waals surface area contributed by atoms with Crippen molar-refractivity contribution in [1.82, 2.24) is 4.90 Å². The largest absolute Gasteiger partial charge is 0.283 e. The lowest BCUT2D eigenvalue weighted by Crippen LogP contribution is -2.39. The van der Waals surface area contributed by atoms with Crippen LogP contribution >= 0.6 is 11.8 Å². The van der Waals surface area contributed by atoms with E-state index in [1.165, 1.54) is 12.1 Å². The molecule has 140 valence electrons. The zero-order chi connectivity index (χ0) is 19.6. The summed E-state index contributed by atoms with van der Waals surface area (Å²) in [7, 11) is 0. The summed E-state index contributed by atoms with van der Waals surface area (Å²) >= 11 is 1.57. The van der Waals surface area contributed by atoms with Crippen LogP contribution in [-0.4, -0.2) is 32.7 Å². The number of aliphatic imine (C=N–C) groups is 1. The number of aryl methyl sites for hydroxylation is 2. The van der Waals surface area contributed by atoms with Crippen LogP contribution in [0.4, 0.5) is 11.4 Å². The lowest BCUT2D eigenvalue weighted by Gasteiger charge is -2.23. The first-order chi connectivity index (χ1) is 12.9. The summed E-state index contributed by atoms with van der Waals surface area (Å²) in [4.78, 5) is 30.2. The van der Waals surface area contributed by atoms with Gasteiger partial charge in [0, 0.05) is 29.0 Å². The van der Waals surface area contributed by atoms with Gasteiger partial charge in [0.2, 0.25) is 0 Å². The van der Waals surface area contributed by atoms with E-state index in [-0.39, 0.29) is 17.6 Å². The Morgan fingerprint density at radius 3 is 2.70 bits per heavy atom. The van der Waals surface area contributed by atoms with Crippen LogP contribution in [0.5, 0.6) is 0 Å². The Bertz CT molecular complexity index is 926. The fourth-order valence-electron chi connectivity index (χ4n) is 3.05. The predicted octanol–water partition coefficient (Wildman–Crippen LogP) is 4.87. The molecule has 27 heavy (non-hydrogen) atoms. The number of thioether (sulfide) groups is 1. The predicted molar refractivity (Wildman–Crippen MR) is 109 cm³/mol. The maximum Gasteiger partial charge on any atom is 0.272 e. The van der Waals surface area contributed by atoms with E-state index in [9.17, 15) is 14.9 Å². The molecular weight excluding hydrogens is 362 g/mol. The summed E-state index contributed by atoms with van der Waals surface area (Å²) in [5.74, 6) is 0.620. The van der Waals surface area contributed by atoms with Crippen LogP contribution in [0.3, 0.4) is 0 Å². The minimum atomic E-state index is -0.436. The average molecular weight is 383 g/mol. The summed E-state index contributed by atoms with van der Waals surface area (Å²) in [6.07, 6.45) is 0.817. The molecule has 0 saturated carbocycles. The minimum Gasteiger partial charge on any atom is -0.283 e. The molecule has 1 atom stereocenters. The number of amidine groups is 1. The number of rotatable bonds is 4. The van der Waals surface area contributed by atoms with Gasteiger partial charge in [0.1, 0.15) is 0 Å². The van der Waals surface area contributed by atoms with Crippen molar-refractivity contribution >= 4 is 34.2 Å². The third-order valence-electron chi connectivity index (χ3n) is 4.53. The molecule has 6 nitrogen and oxygen atoms in total. The van der Waals surface area contributed by atoms with Crippen molar-refractivity contribution in [1.29, 1.82) is 0 Å². The van der Waals surface area contributed by atoms with Gasteiger partial charge in [-0.2, -0.15) is 0 Å². The molecule has 1 amide bonds. The second-order valence-corrected chi connectivity index (χ2v) is 7.53. The molecule has 0 N–H and O–H groups in total. The number of hydrogen-bond acceptors (Lipinski definition) is 5. The molecule has 1 aliphatic rings. The number of nitro benzene ring substituents is 1. The maximum atomic E-state index is 13.2. The van der Waals surface area contributed by atoms with Crippen LogP contribution < -0.4 is 0 Å². The standard InChI is InChI=1S/C20H21N3O3S/c1-4-17-12-27-20(21-16-7-5-6-13(2)10-16)22(17)19(24)15-8-9-18(23(25)26)14(3)11-15/h5-11,17H,4,12H2,1-3H3/t17-/m0/s1. The van der Waals surface area contributed by atoms with Crippen molar-refractivity contribution in [3.63, 3.8) is 0 Å². The topological polar surface area (TPSA) is 75.8 Å². The van der Waals surface area contributed by atoms with E-state index in [0.717, 1.165) is 23.4 Å². The van der Waals surface area contributed by atoms with Crippen LogP contribution in [0.15, 0.2) is 47.5 Å². The van der Waals surface area contributed by atoms with Gasteiger partial charge in [0.25, 0.3) is 11.6 Å². The maximum absolute atomic E-state index is 13.2. The number of nitro groups is 1. The smallest absolute Gasteiger partial charge is 0.272 e. The average Bonchev–Trinajstić information content (AvgIpc) is 3.03. The van der Waals surface area contributed by atoms with Gasteiger partial charge in [-0.25, -0.2) is 4.99 Å². The zero-order valence-electron chi connectivity index (χ0n) is 15.5. The quantitative estimate of drug-likeness (QED) is 0.558. The molecule has 0 aromatic heterocycles. The highest BCUT2D eigenvalue weighted by Gasteiger charge is 2.35. The van der Waals surface area contributed by atoms with E-state index in [2.05, 4.69) is 4.99 Å². The molecule has 3 rings (SSSR count). The van der Waals surface area contributed by atoms with E-state index in [1.807, 2.05) is 38.1 Å². The Hall–Kier alpha value is -2.67. The van der Waals surface area contributed by atoms with Gasteiger partial charge in [-0.05, 0) is 50.1 Å². The molecule has 0 bridgehead atoms. The normalized spacial score (nSPS) is 18.1. The van der Waals surface area contributed by atoms with Crippen LogP contribution in [0.2, 0.25) is 0 Å². The molecule has 2 aromatic rings. The van der Waals surface area contributed by atoms with Gasteiger partial charge in [-0.15, -0.1) is 0 Å². The van der Waals surface area contributed by atoms with E-state index in [0.29, 0.717) is 16.3 Å². The monoisotopic (exact) mass is 383 g/mol. The van der Waals surface area contributed by atoms with Crippen molar-refractivity contribution in [2.75, 3.05) is 5.75 Å². The molecular formula is C20H21N3O3S. The molecule has 2 aromatic carbocycles. The third kappa shape index (κ3) is 4.03. The minimum absolute atomic E-state index is 0.0167. The van der Waals surface area contributed by atoms with Crippen LogP contribution in [0, 0.1) is 24.0 Å². The molecule has 0 aliphatic carbocycles. The highest BCUT2D eigenvalue weighted by Crippen LogP contribution is 2.31. The summed E-state index contributed by atoms with van der Waals surface area (Å²) in [5.41, 5.74) is 2.85. The summed E-state index contributed by atoms with van der Waals surface area (Å²) in [6.45, 7) is 5.69. The van der Waals surface area contributed by atoms with Gasteiger partial charge >= 0.3 is 0 Å². The lowest BCUT2D eigenvalue weighted by atomic mass is 10.1. The van der Waals surface area contributed by atoms with Crippen molar-refractivity contribution in [2.45, 2.75) is 33.2 Å². The van der Waals surface area contributed by atoms with Gasteiger partial charge in [0.15, 0.2) is 5.17 Å². The van der Waals surface area contributed by atoms with E-state index < -0.39 is 4.92 Å². The lowest BCUT2D eigenvalue weighted by molar-refractivity contribution is -0.385. The van der Waals surface area contributed by atoms with E-state index >= 15 is 0 Å². The van der Waals surface area contributed by atoms with Gasteiger partial charge in [-0.1, -0.05) is 30.8 Å². The summed E-state index contributed by atoms with van der Waals surface area (Å²) in [5, 5.41) is 11.7. The van der Waals surface area contributed by atoms with Crippen LogP contribution in [0.1, 0.15) is 34.8 Å². The van der Waals surface area contributed by atoms with Crippen LogP contribution in [0.25, 0.3) is 0 Å². The van der Waals surface area contributed by atoms with Gasteiger partial charge < -0.3 is 0 Å². The zero-order valence-corrected chi connectivity index (χ0v) is 16.3. The number of carbonyl (C=O) groups is 1. The van der Waals surface area contributed by atoms with Crippen molar-refractivity contribution in [3.8, 4) is 0 Å². The van der Waals surface area contributed by atoms with Crippen molar-refractivity contribution in [3.05, 3.63) is 69.3 Å². The molecule has 0 unspecified atom stereocenters. The van der Waals surface area contributed by atoms with Crippen molar-refractivity contribution < 1.29 is 9.72 Å². The second kappa shape index (κ2) is 7.92. The Balaban J connectivity index is 1.96. The number of hydrogen-bond donors (Lipinski definition) is 0. The Kier molecular flexibility index (Phi) is 5.60. The Morgan fingerprint density at radius 1 is 1.30 bits per heavy atom. The highest BCUT2D eigenvalue weighted by atomic mass is 32.2. The molecule has 1 heterocycles. The molecule has 0 radical (unpaired) electrons. The first-order valence-electron chi connectivity index (χ1n) is 8.77. The molecule has 0 spiro atoms. The second-order valence-electron chi connectivity index (χ2n) is 6.54. The SMILES string of the molecule is CC[C@H]1CSC(=Nc2cccc(C)c2)N1C(=O)c1ccc([N+](=O)[O-])c(C)c1. The van der Waals surface area contributed by atoms with Gasteiger partial charge in [0.05, 0.1) is 10.6 Å². The number of benzene rings is 2. The summed E-state index contributed by atoms with van der Waals surface area (Å²) in [6, 6.07) is 12.4. The Morgan fingerprint density at radius 2 is 2.07 bits per heavy atom. The molecule has 1 saturated heterocycles. The van der Waals surface area contributed by atoms with E-state index in [1.54, 1.807) is 29.7 Å². The highest BCUT2D eigenvalue weighted by molar-refractivity contribution is 8.14. The van der Waals surface area contributed by atoms with E-state index in [4.69, 9.17) is 0 Å². The Labute approximate surface area is 162 Å². The van der Waals surface area contributed by atoms with Crippen LogP contribution in [-0.2, 0) is 0 Å². The van der Waals surface area contributed by atoms with Crippen molar-refractivity contribution in [2.24, 2.45) is 4.99 Å². The molecule has 1 fully saturated rings. The first-order valence-corrected chi connectivity index (χ1v) is 9.76.